The number of amides is 2. The molecule has 0 fully saturated rings. The molecule has 0 aliphatic carbocycles. The van der Waals surface area contributed by atoms with Gasteiger partial charge in [0.05, 0.1) is 6.42 Å². The Balaban J connectivity index is 4.22. The van der Waals surface area contributed by atoms with E-state index in [1.807, 2.05) is 0 Å². The number of rotatable bonds is 7. The minimum atomic E-state index is -1.27. The molecule has 4 N–H and O–H groups in total. The van der Waals surface area contributed by atoms with Gasteiger partial charge in [0.15, 0.2) is 0 Å². The Morgan fingerprint density at radius 2 is 1.88 bits per heavy atom. The third kappa shape index (κ3) is 6.52. The summed E-state index contributed by atoms with van der Waals surface area (Å²) in [6.07, 6.45) is -0.605. The lowest BCUT2D eigenvalue weighted by molar-refractivity contribution is -0.142. The molecule has 0 saturated heterocycles. The highest BCUT2D eigenvalue weighted by Gasteiger charge is 2.20. The van der Waals surface area contributed by atoms with Crippen LogP contribution in [0.15, 0.2) is 0 Å². The van der Waals surface area contributed by atoms with Gasteiger partial charge >= 0.3 is 5.97 Å². The van der Waals surface area contributed by atoms with Crippen LogP contribution in [0.5, 0.6) is 0 Å². The van der Waals surface area contributed by atoms with E-state index >= 15 is 0 Å². The molecule has 2 amide bonds. The molecule has 0 aromatic heterocycles. The van der Waals surface area contributed by atoms with E-state index < -0.39 is 23.8 Å². The van der Waals surface area contributed by atoms with Gasteiger partial charge in [-0.1, -0.05) is 0 Å². The number of Topliss-reactive ketones (excluding diaryl/α,β-unsaturated/α-hetero) is 1. The van der Waals surface area contributed by atoms with Crippen LogP contribution in [0, 0.1) is 0 Å². The fraction of sp³-hybridized carbons (Fsp3) is 0.556. The summed E-state index contributed by atoms with van der Waals surface area (Å²) in [7, 11) is 0. The van der Waals surface area contributed by atoms with Gasteiger partial charge in [0.25, 0.3) is 0 Å². The molecule has 7 nitrogen and oxygen atoms in total. The predicted molar refractivity (Wildman–Crippen MR) is 53.3 cm³/mol. The molecular formula is C9H14N2O5. The Labute approximate surface area is 92.0 Å². The van der Waals surface area contributed by atoms with E-state index in [0.29, 0.717) is 0 Å². The summed E-state index contributed by atoms with van der Waals surface area (Å²) >= 11 is 0. The zero-order chi connectivity index (χ0) is 12.7. The fourth-order valence-electron chi connectivity index (χ4n) is 1.02. The van der Waals surface area contributed by atoms with E-state index in [4.69, 9.17) is 10.8 Å². The number of hydrogen-bond donors (Lipinski definition) is 3. The highest BCUT2D eigenvalue weighted by atomic mass is 16.4. The summed E-state index contributed by atoms with van der Waals surface area (Å²) in [6, 6.07) is -1.20. The Hall–Kier alpha value is -1.92. The molecule has 0 bridgehead atoms. The van der Waals surface area contributed by atoms with Gasteiger partial charge < -0.3 is 16.2 Å². The topological polar surface area (TPSA) is 127 Å². The number of nitrogens with two attached hydrogens (primary N) is 1. The van der Waals surface area contributed by atoms with Gasteiger partial charge in [-0.15, -0.1) is 0 Å². The Bertz CT molecular complexity index is 313. The number of nitrogens with one attached hydrogen (secondary N) is 1. The smallest absolute Gasteiger partial charge is 0.326 e. The Morgan fingerprint density at radius 3 is 2.25 bits per heavy atom. The standard InChI is InChI=1S/C9H14N2O5/c1-5(12)4-8(14)11-6(9(15)16)2-3-7(10)13/h6H,2-4H2,1H3,(H2,10,13)(H,11,14)(H,15,16). The van der Waals surface area contributed by atoms with E-state index in [9.17, 15) is 19.2 Å². The second-order valence-corrected chi connectivity index (χ2v) is 3.34. The minimum absolute atomic E-state index is 0.0890. The zero-order valence-corrected chi connectivity index (χ0v) is 8.86. The summed E-state index contributed by atoms with van der Waals surface area (Å²) in [6.45, 7) is 1.22. The van der Waals surface area contributed by atoms with Crippen molar-refractivity contribution in [2.75, 3.05) is 0 Å². The first-order chi connectivity index (χ1) is 7.32. The average Bonchev–Trinajstić information content (AvgIpc) is 2.09. The summed E-state index contributed by atoms with van der Waals surface area (Å²) in [5.74, 6) is -2.95. The molecule has 7 heteroatoms. The van der Waals surface area contributed by atoms with Crippen molar-refractivity contribution >= 4 is 23.6 Å². The Kier molecular flexibility index (Phi) is 5.76. The number of aliphatic carboxylic acids is 1. The molecule has 1 unspecified atom stereocenters. The SMILES string of the molecule is CC(=O)CC(=O)NC(CCC(N)=O)C(=O)O. The van der Waals surface area contributed by atoms with Gasteiger partial charge in [-0.25, -0.2) is 4.79 Å². The lowest BCUT2D eigenvalue weighted by atomic mass is 10.1. The maximum absolute atomic E-state index is 11.1. The molecule has 16 heavy (non-hydrogen) atoms. The Morgan fingerprint density at radius 1 is 1.31 bits per heavy atom. The lowest BCUT2D eigenvalue weighted by Gasteiger charge is -2.12. The molecule has 90 valence electrons. The summed E-state index contributed by atoms with van der Waals surface area (Å²) in [4.78, 5) is 42.8. The van der Waals surface area contributed by atoms with Crippen LogP contribution in [0.25, 0.3) is 0 Å². The third-order valence-electron chi connectivity index (χ3n) is 1.72. The van der Waals surface area contributed by atoms with Gasteiger partial charge in [0.2, 0.25) is 11.8 Å². The quantitative estimate of drug-likeness (QED) is 0.473. The number of carbonyl (C=O) groups is 4. The van der Waals surface area contributed by atoms with Crippen LogP contribution in [0.4, 0.5) is 0 Å². The van der Waals surface area contributed by atoms with Gasteiger partial charge in [-0.3, -0.25) is 14.4 Å². The molecule has 0 aliphatic rings. The van der Waals surface area contributed by atoms with Crippen molar-refractivity contribution in [2.24, 2.45) is 5.73 Å². The minimum Gasteiger partial charge on any atom is -0.480 e. The molecule has 0 spiro atoms. The molecule has 0 radical (unpaired) electrons. The van der Waals surface area contributed by atoms with E-state index in [1.165, 1.54) is 6.92 Å². The third-order valence-corrected chi connectivity index (χ3v) is 1.72. The largest absolute Gasteiger partial charge is 0.480 e. The molecule has 0 saturated carbocycles. The number of carbonyl (C=O) groups excluding carboxylic acids is 3. The van der Waals surface area contributed by atoms with Gasteiger partial charge in [-0.2, -0.15) is 0 Å². The zero-order valence-electron chi connectivity index (χ0n) is 8.86. The van der Waals surface area contributed by atoms with Crippen LogP contribution < -0.4 is 11.1 Å². The molecule has 0 rings (SSSR count). The number of primary amides is 1. The average molecular weight is 230 g/mol. The van der Waals surface area contributed by atoms with Crippen molar-refractivity contribution in [3.63, 3.8) is 0 Å². The van der Waals surface area contributed by atoms with Crippen LogP contribution in [0.3, 0.4) is 0 Å². The van der Waals surface area contributed by atoms with Crippen LogP contribution >= 0.6 is 0 Å². The van der Waals surface area contributed by atoms with Crippen LogP contribution in [-0.4, -0.2) is 34.7 Å². The monoisotopic (exact) mass is 230 g/mol. The second-order valence-electron chi connectivity index (χ2n) is 3.34. The van der Waals surface area contributed by atoms with Crippen molar-refractivity contribution in [1.29, 1.82) is 0 Å². The van der Waals surface area contributed by atoms with Crippen molar-refractivity contribution in [1.82, 2.24) is 5.32 Å². The second kappa shape index (κ2) is 6.54. The highest BCUT2D eigenvalue weighted by molar-refractivity contribution is 5.98. The molecule has 0 aromatic carbocycles. The van der Waals surface area contributed by atoms with Crippen molar-refractivity contribution in [3.05, 3.63) is 0 Å². The van der Waals surface area contributed by atoms with E-state index in [2.05, 4.69) is 5.32 Å². The molecule has 1 atom stereocenters. The van der Waals surface area contributed by atoms with Gasteiger partial charge in [0.1, 0.15) is 11.8 Å². The van der Waals surface area contributed by atoms with Crippen molar-refractivity contribution in [2.45, 2.75) is 32.2 Å². The first-order valence-electron chi connectivity index (χ1n) is 4.63. The van der Waals surface area contributed by atoms with E-state index in [1.54, 1.807) is 0 Å². The maximum Gasteiger partial charge on any atom is 0.326 e. The number of carboxylic acid groups (broad SMARTS) is 1. The van der Waals surface area contributed by atoms with Crippen molar-refractivity contribution < 1.29 is 24.3 Å². The first kappa shape index (κ1) is 14.1. The van der Waals surface area contributed by atoms with Crippen LogP contribution in [-0.2, 0) is 19.2 Å². The van der Waals surface area contributed by atoms with Crippen LogP contribution in [0.1, 0.15) is 26.2 Å². The van der Waals surface area contributed by atoms with Gasteiger partial charge in [-0.05, 0) is 13.3 Å². The van der Waals surface area contributed by atoms with Crippen LogP contribution in [0.2, 0.25) is 0 Å². The van der Waals surface area contributed by atoms with E-state index in [0.717, 1.165) is 0 Å². The van der Waals surface area contributed by atoms with Crippen molar-refractivity contribution in [3.8, 4) is 0 Å². The predicted octanol–water partition coefficient (Wildman–Crippen LogP) is -1.20. The summed E-state index contributed by atoms with van der Waals surface area (Å²) in [5.41, 5.74) is 4.85. The normalized spacial score (nSPS) is 11.6. The highest BCUT2D eigenvalue weighted by Crippen LogP contribution is 1.98. The number of ketones is 1. The van der Waals surface area contributed by atoms with E-state index in [-0.39, 0.29) is 25.0 Å². The van der Waals surface area contributed by atoms with Gasteiger partial charge in [0, 0.05) is 6.42 Å². The number of hydrogen-bond acceptors (Lipinski definition) is 4. The maximum atomic E-state index is 11.1. The lowest BCUT2D eigenvalue weighted by Crippen LogP contribution is -2.41. The summed E-state index contributed by atoms with van der Waals surface area (Å²) in [5, 5.41) is 10.9. The fourth-order valence-corrected chi connectivity index (χ4v) is 1.02. The first-order valence-corrected chi connectivity index (χ1v) is 4.63. The summed E-state index contributed by atoms with van der Waals surface area (Å²) < 4.78 is 0. The molecule has 0 heterocycles. The molecule has 0 aliphatic heterocycles. The molecular weight excluding hydrogens is 216 g/mol. The molecule has 0 aromatic rings. The number of carboxylic acids is 1.